The summed E-state index contributed by atoms with van der Waals surface area (Å²) in [6.45, 7) is 1.32. The molecule has 1 N–H and O–H groups in total. The number of aliphatic imine (C=N–C) groups is 1. The molecule has 0 fully saturated rings. The van der Waals surface area contributed by atoms with Crippen molar-refractivity contribution in [1.82, 2.24) is 20.0 Å². The summed E-state index contributed by atoms with van der Waals surface area (Å²) in [6, 6.07) is 16.6. The molecule has 1 heterocycles. The third kappa shape index (κ3) is 5.78. The van der Waals surface area contributed by atoms with Gasteiger partial charge in [0.05, 0.1) is 5.69 Å². The van der Waals surface area contributed by atoms with E-state index < -0.39 is 0 Å². The highest BCUT2D eigenvalue weighted by molar-refractivity contribution is 14.0. The number of hydrogen-bond donors (Lipinski definition) is 1. The molecule has 0 atom stereocenters. The van der Waals surface area contributed by atoms with E-state index in [9.17, 15) is 4.39 Å². The van der Waals surface area contributed by atoms with Gasteiger partial charge in [-0.05, 0) is 41.5 Å². The van der Waals surface area contributed by atoms with Crippen molar-refractivity contribution in [3.05, 3.63) is 83.9 Å². The van der Waals surface area contributed by atoms with Crippen LogP contribution in [0.25, 0.3) is 5.69 Å². The Labute approximate surface area is 175 Å². The van der Waals surface area contributed by atoms with Gasteiger partial charge in [-0.15, -0.1) is 24.0 Å². The van der Waals surface area contributed by atoms with Crippen LogP contribution in [0.5, 0.6) is 0 Å². The lowest BCUT2D eigenvalue weighted by Gasteiger charge is -2.22. The molecule has 7 heteroatoms. The average molecular weight is 479 g/mol. The number of benzene rings is 2. The Balaban J connectivity index is 0.00000261. The monoisotopic (exact) mass is 479 g/mol. The topological polar surface area (TPSA) is 45.5 Å². The lowest BCUT2D eigenvalue weighted by Crippen LogP contribution is -2.38. The van der Waals surface area contributed by atoms with Crippen molar-refractivity contribution in [2.45, 2.75) is 13.1 Å². The smallest absolute Gasteiger partial charge is 0.193 e. The van der Waals surface area contributed by atoms with Gasteiger partial charge in [0.1, 0.15) is 5.82 Å². The van der Waals surface area contributed by atoms with Crippen molar-refractivity contribution in [3.63, 3.8) is 0 Å². The van der Waals surface area contributed by atoms with Gasteiger partial charge in [0.15, 0.2) is 5.96 Å². The molecule has 0 aliphatic carbocycles. The van der Waals surface area contributed by atoms with Crippen LogP contribution in [0, 0.1) is 5.82 Å². The van der Waals surface area contributed by atoms with E-state index in [1.165, 1.54) is 12.1 Å². The summed E-state index contributed by atoms with van der Waals surface area (Å²) < 4.78 is 14.8. The standard InChI is InChI=1S/C20H22FN5.HI/c1-22-20(25(2)15-17-4-8-18(21)9-5-17)23-14-16-6-10-19(11-7-16)26-13-3-12-24-26;/h3-13H,14-15H2,1-2H3,(H,22,23);1H. The number of hydrogen-bond acceptors (Lipinski definition) is 2. The molecule has 5 nitrogen and oxygen atoms in total. The second-order valence-corrected chi connectivity index (χ2v) is 6.00. The highest BCUT2D eigenvalue weighted by Gasteiger charge is 2.07. The number of guanidine groups is 1. The number of aromatic nitrogens is 2. The second-order valence-electron chi connectivity index (χ2n) is 6.00. The maximum atomic E-state index is 13.0. The maximum Gasteiger partial charge on any atom is 0.193 e. The molecule has 0 aliphatic rings. The van der Waals surface area contributed by atoms with Crippen LogP contribution in [0.2, 0.25) is 0 Å². The first-order chi connectivity index (χ1) is 12.7. The highest BCUT2D eigenvalue weighted by atomic mass is 127. The number of nitrogens with zero attached hydrogens (tertiary/aromatic N) is 4. The van der Waals surface area contributed by atoms with Gasteiger partial charge in [-0.3, -0.25) is 4.99 Å². The Morgan fingerprint density at radius 2 is 1.78 bits per heavy atom. The summed E-state index contributed by atoms with van der Waals surface area (Å²) in [7, 11) is 3.71. The van der Waals surface area contributed by atoms with Crippen LogP contribution in [0.1, 0.15) is 11.1 Å². The van der Waals surface area contributed by atoms with Crippen molar-refractivity contribution in [3.8, 4) is 5.69 Å². The fourth-order valence-corrected chi connectivity index (χ4v) is 2.69. The predicted octanol–water partition coefficient (Wildman–Crippen LogP) is 3.84. The van der Waals surface area contributed by atoms with Gasteiger partial charge < -0.3 is 10.2 Å². The van der Waals surface area contributed by atoms with Crippen LogP contribution in [-0.2, 0) is 13.1 Å². The third-order valence-electron chi connectivity index (χ3n) is 4.06. The normalized spacial score (nSPS) is 11.0. The van der Waals surface area contributed by atoms with Gasteiger partial charge >= 0.3 is 0 Å². The van der Waals surface area contributed by atoms with Gasteiger partial charge in [0.25, 0.3) is 0 Å². The molecule has 0 amide bonds. The minimum Gasteiger partial charge on any atom is -0.352 e. The first-order valence-electron chi connectivity index (χ1n) is 8.41. The first-order valence-corrected chi connectivity index (χ1v) is 8.41. The summed E-state index contributed by atoms with van der Waals surface area (Å²) in [6.07, 6.45) is 3.68. The molecular weight excluding hydrogens is 456 g/mol. The predicted molar refractivity (Wildman–Crippen MR) is 117 cm³/mol. The Morgan fingerprint density at radius 3 is 2.37 bits per heavy atom. The van der Waals surface area contributed by atoms with E-state index in [1.807, 2.05) is 41.0 Å². The van der Waals surface area contributed by atoms with E-state index >= 15 is 0 Å². The van der Waals surface area contributed by atoms with Crippen molar-refractivity contribution < 1.29 is 4.39 Å². The summed E-state index contributed by atoms with van der Waals surface area (Å²) in [5.74, 6) is 0.558. The van der Waals surface area contributed by atoms with E-state index in [1.54, 1.807) is 25.4 Å². The van der Waals surface area contributed by atoms with Crippen molar-refractivity contribution >= 4 is 29.9 Å². The Morgan fingerprint density at radius 1 is 1.11 bits per heavy atom. The average Bonchev–Trinajstić information content (AvgIpc) is 3.19. The van der Waals surface area contributed by atoms with Crippen LogP contribution in [-0.4, -0.2) is 34.7 Å². The number of nitrogens with one attached hydrogen (secondary N) is 1. The lowest BCUT2D eigenvalue weighted by molar-refractivity contribution is 0.476. The number of halogens is 2. The van der Waals surface area contributed by atoms with Crippen molar-refractivity contribution in [1.29, 1.82) is 0 Å². The molecule has 0 bridgehead atoms. The molecule has 0 spiro atoms. The lowest BCUT2D eigenvalue weighted by atomic mass is 10.2. The molecule has 0 saturated heterocycles. The van der Waals surface area contributed by atoms with Gasteiger partial charge in [0.2, 0.25) is 0 Å². The van der Waals surface area contributed by atoms with Crippen LogP contribution < -0.4 is 5.32 Å². The Bertz CT molecular complexity index is 845. The van der Waals surface area contributed by atoms with Crippen LogP contribution >= 0.6 is 24.0 Å². The SMILES string of the molecule is CN=C(NCc1ccc(-n2cccn2)cc1)N(C)Cc1ccc(F)cc1.I. The fourth-order valence-electron chi connectivity index (χ4n) is 2.69. The van der Waals surface area contributed by atoms with Gasteiger partial charge in [0, 0.05) is 39.6 Å². The van der Waals surface area contributed by atoms with Crippen molar-refractivity contribution in [2.75, 3.05) is 14.1 Å². The second kappa shape index (κ2) is 10.1. The molecule has 3 aromatic rings. The summed E-state index contributed by atoms with van der Waals surface area (Å²) in [5, 5.41) is 7.57. The highest BCUT2D eigenvalue weighted by Crippen LogP contribution is 2.09. The molecule has 0 saturated carbocycles. The Kier molecular flexibility index (Phi) is 7.78. The van der Waals surface area contributed by atoms with Crippen LogP contribution in [0.4, 0.5) is 4.39 Å². The minimum atomic E-state index is -0.225. The largest absolute Gasteiger partial charge is 0.352 e. The number of rotatable bonds is 5. The van der Waals surface area contributed by atoms with E-state index in [2.05, 4.69) is 27.5 Å². The summed E-state index contributed by atoms with van der Waals surface area (Å²) in [4.78, 5) is 6.32. The zero-order chi connectivity index (χ0) is 18.4. The molecule has 3 rings (SSSR count). The van der Waals surface area contributed by atoms with E-state index in [0.717, 1.165) is 22.8 Å². The van der Waals surface area contributed by atoms with E-state index in [0.29, 0.717) is 13.1 Å². The van der Waals surface area contributed by atoms with Crippen molar-refractivity contribution in [2.24, 2.45) is 4.99 Å². The van der Waals surface area contributed by atoms with Gasteiger partial charge in [-0.1, -0.05) is 24.3 Å². The fraction of sp³-hybridized carbons (Fsp3) is 0.200. The molecule has 27 heavy (non-hydrogen) atoms. The maximum absolute atomic E-state index is 13.0. The Hall–Kier alpha value is -2.42. The first kappa shape index (κ1) is 20.9. The van der Waals surface area contributed by atoms with Gasteiger partial charge in [-0.25, -0.2) is 9.07 Å². The summed E-state index contributed by atoms with van der Waals surface area (Å²) in [5.41, 5.74) is 3.20. The molecule has 1 aromatic heterocycles. The molecule has 142 valence electrons. The molecule has 0 aliphatic heterocycles. The molecule has 2 aromatic carbocycles. The molecule has 0 radical (unpaired) electrons. The quantitative estimate of drug-likeness (QED) is 0.344. The zero-order valence-electron chi connectivity index (χ0n) is 15.3. The van der Waals surface area contributed by atoms with E-state index in [-0.39, 0.29) is 29.8 Å². The summed E-state index contributed by atoms with van der Waals surface area (Å²) >= 11 is 0. The van der Waals surface area contributed by atoms with Crippen LogP contribution in [0.15, 0.2) is 72.0 Å². The third-order valence-corrected chi connectivity index (χ3v) is 4.06. The molecular formula is C20H23FIN5. The van der Waals surface area contributed by atoms with E-state index in [4.69, 9.17) is 0 Å². The zero-order valence-corrected chi connectivity index (χ0v) is 17.7. The molecule has 0 unspecified atom stereocenters. The van der Waals surface area contributed by atoms with Crippen LogP contribution in [0.3, 0.4) is 0 Å². The van der Waals surface area contributed by atoms with Gasteiger partial charge in [-0.2, -0.15) is 5.10 Å². The minimum absolute atomic E-state index is 0.